The molecule has 1 amide bonds. The number of aromatic nitrogens is 1. The van der Waals surface area contributed by atoms with Crippen LogP contribution in [0.15, 0.2) is 73.1 Å². The lowest BCUT2D eigenvalue weighted by atomic mass is 9.86. The van der Waals surface area contributed by atoms with E-state index in [9.17, 15) is 14.7 Å². The number of hydrogen-bond acceptors (Lipinski definition) is 9. The first-order valence-electron chi connectivity index (χ1n) is 16.5. The molecule has 3 fully saturated rings. The molecule has 0 saturated carbocycles. The second-order valence-corrected chi connectivity index (χ2v) is 13.4. The van der Waals surface area contributed by atoms with Crippen LogP contribution >= 0.6 is 23.2 Å². The first-order chi connectivity index (χ1) is 24.1. The summed E-state index contributed by atoms with van der Waals surface area (Å²) in [6, 6.07) is 17.2. The van der Waals surface area contributed by atoms with E-state index in [0.717, 1.165) is 38.0 Å². The highest BCUT2D eigenvalue weighted by Crippen LogP contribution is 2.36. The van der Waals surface area contributed by atoms with Gasteiger partial charge in [0, 0.05) is 24.1 Å². The van der Waals surface area contributed by atoms with Crippen LogP contribution in [0.5, 0.6) is 17.2 Å². The van der Waals surface area contributed by atoms with Crippen LogP contribution in [0.1, 0.15) is 51.6 Å². The molecule has 51 heavy (non-hydrogen) atoms. The fourth-order valence-corrected chi connectivity index (χ4v) is 7.19. The van der Waals surface area contributed by atoms with Gasteiger partial charge in [0.2, 0.25) is 0 Å². The molecule has 2 bridgehead atoms. The molecule has 11 nitrogen and oxygen atoms in total. The Kier molecular flexibility index (Phi) is 12.3. The average molecular weight is 739 g/mol. The van der Waals surface area contributed by atoms with Gasteiger partial charge in [0.25, 0.3) is 0 Å². The molecule has 1 aromatic heterocycles. The molecule has 270 valence electrons. The lowest BCUT2D eigenvalue weighted by Crippen LogP contribution is -2.53. The van der Waals surface area contributed by atoms with Crippen LogP contribution in [0.3, 0.4) is 0 Å². The van der Waals surface area contributed by atoms with Gasteiger partial charge < -0.3 is 29.5 Å². The van der Waals surface area contributed by atoms with Gasteiger partial charge in [-0.1, -0.05) is 47.5 Å². The second kappa shape index (κ2) is 16.6. The Balaban J connectivity index is 0.00000504. The number of phenols is 1. The van der Waals surface area contributed by atoms with E-state index < -0.39 is 18.2 Å². The summed E-state index contributed by atoms with van der Waals surface area (Å²) in [6.07, 6.45) is 4.02. The molecule has 4 heterocycles. The van der Waals surface area contributed by atoms with Gasteiger partial charge in [-0.15, -0.1) is 0 Å². The summed E-state index contributed by atoms with van der Waals surface area (Å²) in [5.74, 6) is 0.879. The minimum atomic E-state index is -0.773. The number of carbonyl (C=O) groups excluding carboxylic acids is 2. The summed E-state index contributed by atoms with van der Waals surface area (Å²) >= 11 is 13.0. The zero-order chi connectivity index (χ0) is 35.4. The minimum Gasteiger partial charge on any atom is -0.870 e. The van der Waals surface area contributed by atoms with Crippen LogP contribution in [-0.2, 0) is 22.4 Å². The van der Waals surface area contributed by atoms with Crippen LogP contribution in [0.25, 0.3) is 0 Å². The zero-order valence-corrected chi connectivity index (χ0v) is 30.1. The maximum Gasteiger partial charge on any atom is 0.414 e. The standard InChI is InChI=1S/C38H39Cl2N3O7.H2O/c1-23-31(5-4-6-32(23)44)43(38(46)50-36-22-42-15-13-25(36)14-16-42)21-24-7-9-26(10-8-24)37(45)49-34(18-28-29(39)19-41-20-30(28)40)27-11-12-33(47-2)35(17-27)48-3;/h4-12,17,19-20,25,34,36,44H,13-16,18,21-22H2,1-3H3;1H2/t34-,36-;/m0./s1. The van der Waals surface area contributed by atoms with Crippen molar-refractivity contribution >= 4 is 41.0 Å². The topological polar surface area (TPSA) is 142 Å². The number of nitrogens with one attached hydrogen (secondary N) is 1. The molecule has 0 spiro atoms. The van der Waals surface area contributed by atoms with E-state index in [1.807, 2.05) is 0 Å². The lowest BCUT2D eigenvalue weighted by Gasteiger charge is -2.44. The van der Waals surface area contributed by atoms with E-state index in [4.69, 9.17) is 42.1 Å². The molecule has 7 rings (SSSR count). The summed E-state index contributed by atoms with van der Waals surface area (Å²) in [4.78, 5) is 34.2. The zero-order valence-electron chi connectivity index (χ0n) is 28.6. The minimum absolute atomic E-state index is 0. The number of amides is 1. The highest BCUT2D eigenvalue weighted by molar-refractivity contribution is 6.35. The number of carbonyl (C=O) groups is 2. The van der Waals surface area contributed by atoms with Crippen molar-refractivity contribution in [3.63, 3.8) is 0 Å². The molecule has 3 aromatic carbocycles. The molecule has 0 aliphatic carbocycles. The monoisotopic (exact) mass is 737 g/mol. The van der Waals surface area contributed by atoms with Crippen LogP contribution in [-0.4, -0.2) is 67.5 Å². The SMILES string of the molecule is COc1ccc([C@H](Cc2c(Cl)c[nH+]cc2Cl)OC(=O)c2ccc(CN(C(=O)O[C@H]3CN4CCC3CC4)c3cccc(O)c3C)cc2)cc1OC.[OH-]. The normalized spacial score (nSPS) is 18.3. The summed E-state index contributed by atoms with van der Waals surface area (Å²) in [5.41, 5.74) is 3.46. The van der Waals surface area contributed by atoms with Crippen molar-refractivity contribution in [2.75, 3.05) is 38.8 Å². The number of fused-ring (bicyclic) bond motifs is 3. The molecule has 2 atom stereocenters. The number of aromatic amines is 1. The number of halogens is 2. The number of piperidine rings is 3. The third-order valence-electron chi connectivity index (χ3n) is 9.58. The number of nitrogens with zero attached hydrogens (tertiary/aromatic N) is 2. The smallest absolute Gasteiger partial charge is 0.414 e. The van der Waals surface area contributed by atoms with E-state index in [0.29, 0.717) is 55.4 Å². The van der Waals surface area contributed by atoms with Gasteiger partial charge in [0.05, 0.1) is 32.0 Å². The molecule has 13 heteroatoms. The van der Waals surface area contributed by atoms with E-state index >= 15 is 0 Å². The quantitative estimate of drug-likeness (QED) is 0.160. The molecule has 3 saturated heterocycles. The average Bonchev–Trinajstić information content (AvgIpc) is 3.13. The van der Waals surface area contributed by atoms with Gasteiger partial charge in [-0.05, 0) is 86.3 Å². The summed E-state index contributed by atoms with van der Waals surface area (Å²) in [5, 5.41) is 11.3. The predicted octanol–water partition coefficient (Wildman–Crippen LogP) is 7.04. The van der Waals surface area contributed by atoms with E-state index in [1.54, 1.807) is 87.1 Å². The van der Waals surface area contributed by atoms with Gasteiger partial charge in [0.15, 0.2) is 23.9 Å². The number of hydrogen-bond donors (Lipinski definition) is 1. The van der Waals surface area contributed by atoms with Gasteiger partial charge >= 0.3 is 12.1 Å². The Hall–Kier alpha value is -4.55. The number of pyridine rings is 1. The molecule has 3 N–H and O–H groups in total. The maximum absolute atomic E-state index is 13.8. The van der Waals surface area contributed by atoms with Crippen LogP contribution < -0.4 is 19.4 Å². The van der Waals surface area contributed by atoms with Gasteiger partial charge in [0.1, 0.15) is 28.0 Å². The predicted molar refractivity (Wildman–Crippen MR) is 191 cm³/mol. The van der Waals surface area contributed by atoms with Crippen LogP contribution in [0.2, 0.25) is 10.0 Å². The van der Waals surface area contributed by atoms with Gasteiger partial charge in [-0.3, -0.25) is 9.80 Å². The Morgan fingerprint density at radius 3 is 2.29 bits per heavy atom. The number of aromatic hydroxyl groups is 1. The largest absolute Gasteiger partial charge is 0.870 e. The van der Waals surface area contributed by atoms with Crippen molar-refractivity contribution < 1.29 is 44.1 Å². The fraction of sp³-hybridized carbons (Fsp3) is 0.342. The van der Waals surface area contributed by atoms with Gasteiger partial charge in [-0.2, -0.15) is 0 Å². The third-order valence-corrected chi connectivity index (χ3v) is 10.3. The highest BCUT2D eigenvalue weighted by Gasteiger charge is 2.37. The first-order valence-corrected chi connectivity index (χ1v) is 17.3. The molecular weight excluding hydrogens is 697 g/mol. The number of esters is 1. The third kappa shape index (κ3) is 8.50. The second-order valence-electron chi connectivity index (χ2n) is 12.6. The molecule has 4 aromatic rings. The summed E-state index contributed by atoms with van der Waals surface area (Å²) in [7, 11) is 3.08. The Morgan fingerprint density at radius 2 is 1.67 bits per heavy atom. The molecule has 3 aliphatic heterocycles. The van der Waals surface area contributed by atoms with Crippen molar-refractivity contribution in [1.29, 1.82) is 0 Å². The first kappa shape index (κ1) is 37.7. The fourth-order valence-electron chi connectivity index (χ4n) is 6.65. The number of H-pyrrole nitrogens is 1. The highest BCUT2D eigenvalue weighted by atomic mass is 35.5. The van der Waals surface area contributed by atoms with Crippen molar-refractivity contribution in [3.05, 3.63) is 111 Å². The summed E-state index contributed by atoms with van der Waals surface area (Å²) in [6.45, 7) is 4.72. The number of benzene rings is 3. The van der Waals surface area contributed by atoms with Crippen LogP contribution in [0, 0.1) is 12.8 Å². The number of rotatable bonds is 11. The van der Waals surface area contributed by atoms with E-state index in [1.165, 1.54) is 12.0 Å². The molecule has 0 radical (unpaired) electrons. The van der Waals surface area contributed by atoms with E-state index in [2.05, 4.69) is 9.88 Å². The maximum atomic E-state index is 13.8. The Morgan fingerprint density at radius 1 is 0.980 bits per heavy atom. The Labute approximate surface area is 306 Å². The molecular formula is C38H41Cl2N3O8. The summed E-state index contributed by atoms with van der Waals surface area (Å²) < 4.78 is 23.1. The van der Waals surface area contributed by atoms with E-state index in [-0.39, 0.29) is 30.3 Å². The Bertz CT molecular complexity index is 1830. The van der Waals surface area contributed by atoms with Crippen molar-refractivity contribution in [2.45, 2.75) is 44.9 Å². The molecule has 3 aliphatic rings. The number of phenolic OH excluding ortho intramolecular Hbond substituents is 1. The van der Waals surface area contributed by atoms with Crippen molar-refractivity contribution in [3.8, 4) is 17.2 Å². The lowest BCUT2D eigenvalue weighted by molar-refractivity contribution is -0.377. The van der Waals surface area contributed by atoms with Gasteiger partial charge in [-0.25, -0.2) is 14.6 Å². The van der Waals surface area contributed by atoms with Crippen molar-refractivity contribution in [2.24, 2.45) is 5.92 Å². The number of ether oxygens (including phenoxy) is 4. The number of anilines is 1. The molecule has 0 unspecified atom stereocenters. The van der Waals surface area contributed by atoms with Crippen molar-refractivity contribution in [1.82, 2.24) is 4.90 Å². The van der Waals surface area contributed by atoms with Crippen LogP contribution in [0.4, 0.5) is 10.5 Å². The number of methoxy groups -OCH3 is 2.